The van der Waals surface area contributed by atoms with E-state index in [4.69, 9.17) is 21.1 Å². The van der Waals surface area contributed by atoms with Gasteiger partial charge < -0.3 is 14.4 Å². The van der Waals surface area contributed by atoms with Gasteiger partial charge in [0.05, 0.1) is 25.3 Å². The highest BCUT2D eigenvalue weighted by atomic mass is 35.5. The Bertz CT molecular complexity index is 734. The predicted octanol–water partition coefficient (Wildman–Crippen LogP) is 4.33. The molecule has 2 rings (SSSR count). The van der Waals surface area contributed by atoms with Gasteiger partial charge in [-0.3, -0.25) is 4.79 Å². The van der Waals surface area contributed by atoms with Gasteiger partial charge >= 0.3 is 0 Å². The highest BCUT2D eigenvalue weighted by Gasteiger charge is 2.22. The van der Waals surface area contributed by atoms with Gasteiger partial charge in [-0.15, -0.1) is 0 Å². The number of amides is 1. The molecular formula is C18H19ClFNO3. The fourth-order valence-electron chi connectivity index (χ4n) is 2.39. The van der Waals surface area contributed by atoms with Gasteiger partial charge in [0.25, 0.3) is 5.91 Å². The van der Waals surface area contributed by atoms with Gasteiger partial charge in [-0.05, 0) is 36.8 Å². The van der Waals surface area contributed by atoms with E-state index in [-0.39, 0.29) is 17.8 Å². The van der Waals surface area contributed by atoms with E-state index in [9.17, 15) is 9.18 Å². The third kappa shape index (κ3) is 3.62. The topological polar surface area (TPSA) is 38.8 Å². The summed E-state index contributed by atoms with van der Waals surface area (Å²) in [4.78, 5) is 14.3. The second-order valence-electron chi connectivity index (χ2n) is 5.34. The number of rotatable bonds is 5. The van der Waals surface area contributed by atoms with Gasteiger partial charge in [-0.25, -0.2) is 4.39 Å². The zero-order chi connectivity index (χ0) is 17.9. The molecule has 0 heterocycles. The van der Waals surface area contributed by atoms with E-state index < -0.39 is 0 Å². The Morgan fingerprint density at radius 1 is 1.17 bits per heavy atom. The minimum absolute atomic E-state index is 0.227. The smallest absolute Gasteiger partial charge is 0.254 e. The summed E-state index contributed by atoms with van der Waals surface area (Å²) in [6.45, 7) is 1.87. The molecule has 2 aromatic carbocycles. The number of halogens is 2. The van der Waals surface area contributed by atoms with Crippen molar-refractivity contribution < 1.29 is 18.7 Å². The van der Waals surface area contributed by atoms with E-state index in [1.54, 1.807) is 36.2 Å². The molecule has 0 aromatic heterocycles. The summed E-state index contributed by atoms with van der Waals surface area (Å²) < 4.78 is 23.4. The van der Waals surface area contributed by atoms with Crippen LogP contribution in [-0.4, -0.2) is 32.1 Å². The highest BCUT2D eigenvalue weighted by molar-refractivity contribution is 6.32. The van der Waals surface area contributed by atoms with E-state index >= 15 is 0 Å². The maximum atomic E-state index is 13.1. The average molecular weight is 352 g/mol. The molecule has 1 amide bonds. The van der Waals surface area contributed by atoms with Crippen molar-refractivity contribution in [2.24, 2.45) is 0 Å². The number of benzene rings is 2. The molecule has 128 valence electrons. The number of nitrogens with zero attached hydrogens (tertiary/aromatic N) is 1. The van der Waals surface area contributed by atoms with Crippen LogP contribution in [0.3, 0.4) is 0 Å². The van der Waals surface area contributed by atoms with Crippen LogP contribution in [-0.2, 0) is 0 Å². The molecule has 0 aliphatic heterocycles. The molecule has 24 heavy (non-hydrogen) atoms. The van der Waals surface area contributed by atoms with E-state index in [2.05, 4.69) is 0 Å². The van der Waals surface area contributed by atoms with Gasteiger partial charge in [-0.2, -0.15) is 0 Å². The predicted molar refractivity (Wildman–Crippen MR) is 91.5 cm³/mol. The lowest BCUT2D eigenvalue weighted by molar-refractivity contribution is 0.0742. The Hall–Kier alpha value is -2.27. The Morgan fingerprint density at radius 3 is 2.33 bits per heavy atom. The van der Waals surface area contributed by atoms with Gasteiger partial charge in [0.2, 0.25) is 0 Å². The van der Waals surface area contributed by atoms with Crippen LogP contribution >= 0.6 is 11.6 Å². The first kappa shape index (κ1) is 18.1. The minimum Gasteiger partial charge on any atom is -0.493 e. The molecule has 0 saturated carbocycles. The largest absolute Gasteiger partial charge is 0.493 e. The Balaban J connectivity index is 2.30. The number of hydrogen-bond acceptors (Lipinski definition) is 3. The summed E-state index contributed by atoms with van der Waals surface area (Å²) in [6.07, 6.45) is 0. The second kappa shape index (κ2) is 7.53. The van der Waals surface area contributed by atoms with Crippen LogP contribution in [0, 0.1) is 5.82 Å². The maximum Gasteiger partial charge on any atom is 0.254 e. The standard InChI is InChI=1S/C18H19ClFNO3/c1-11(12-5-7-14(20)8-6-12)21(2)18(22)13-9-15(19)17(24-4)16(10-13)23-3/h5-11H,1-4H3. The molecule has 1 unspecified atom stereocenters. The second-order valence-corrected chi connectivity index (χ2v) is 5.74. The number of ether oxygens (including phenoxy) is 2. The lowest BCUT2D eigenvalue weighted by Gasteiger charge is -2.26. The number of carbonyl (C=O) groups excluding carboxylic acids is 1. The molecule has 1 atom stereocenters. The zero-order valence-electron chi connectivity index (χ0n) is 14.0. The highest BCUT2D eigenvalue weighted by Crippen LogP contribution is 2.36. The maximum absolute atomic E-state index is 13.1. The number of carbonyl (C=O) groups is 1. The van der Waals surface area contributed by atoms with Crippen LogP contribution in [0.2, 0.25) is 5.02 Å². The van der Waals surface area contributed by atoms with Crippen molar-refractivity contribution in [2.45, 2.75) is 13.0 Å². The molecule has 0 radical (unpaired) electrons. The molecule has 0 spiro atoms. The van der Waals surface area contributed by atoms with Crippen molar-refractivity contribution in [3.8, 4) is 11.5 Å². The first-order chi connectivity index (χ1) is 11.4. The molecule has 0 aliphatic carbocycles. The summed E-state index contributed by atoms with van der Waals surface area (Å²) in [5, 5.41) is 0.294. The quantitative estimate of drug-likeness (QED) is 0.804. The lowest BCUT2D eigenvalue weighted by Crippen LogP contribution is -2.29. The van der Waals surface area contributed by atoms with Gasteiger partial charge in [-0.1, -0.05) is 23.7 Å². The van der Waals surface area contributed by atoms with E-state index in [1.165, 1.54) is 26.4 Å². The van der Waals surface area contributed by atoms with Crippen molar-refractivity contribution in [2.75, 3.05) is 21.3 Å². The summed E-state index contributed by atoms with van der Waals surface area (Å²) in [6, 6.07) is 8.95. The van der Waals surface area contributed by atoms with Gasteiger partial charge in [0, 0.05) is 12.6 Å². The van der Waals surface area contributed by atoms with Crippen LogP contribution in [0.5, 0.6) is 11.5 Å². The van der Waals surface area contributed by atoms with Crippen molar-refractivity contribution in [3.63, 3.8) is 0 Å². The van der Waals surface area contributed by atoms with Gasteiger partial charge in [0.1, 0.15) is 5.82 Å². The first-order valence-corrected chi connectivity index (χ1v) is 7.71. The molecular weight excluding hydrogens is 333 g/mol. The normalized spacial score (nSPS) is 11.8. The van der Waals surface area contributed by atoms with Crippen LogP contribution in [0.4, 0.5) is 4.39 Å². The Kier molecular flexibility index (Phi) is 5.67. The molecule has 0 N–H and O–H groups in total. The van der Waals surface area contributed by atoms with Crippen molar-refractivity contribution in [1.82, 2.24) is 4.90 Å². The third-order valence-corrected chi connectivity index (χ3v) is 4.21. The minimum atomic E-state index is -0.313. The van der Waals surface area contributed by atoms with E-state index in [1.807, 2.05) is 6.92 Å². The Morgan fingerprint density at radius 2 is 1.79 bits per heavy atom. The molecule has 6 heteroatoms. The summed E-state index contributed by atoms with van der Waals surface area (Å²) >= 11 is 6.16. The van der Waals surface area contributed by atoms with E-state index in [0.717, 1.165) is 5.56 Å². The monoisotopic (exact) mass is 351 g/mol. The molecule has 2 aromatic rings. The SMILES string of the molecule is COc1cc(C(=O)N(C)C(C)c2ccc(F)cc2)cc(Cl)c1OC. The average Bonchev–Trinajstić information content (AvgIpc) is 2.59. The van der Waals surface area contributed by atoms with Crippen LogP contribution in [0.1, 0.15) is 28.9 Å². The fourth-order valence-corrected chi connectivity index (χ4v) is 2.67. The van der Waals surface area contributed by atoms with Crippen molar-refractivity contribution >= 4 is 17.5 Å². The molecule has 4 nitrogen and oxygen atoms in total. The Labute approximate surface area is 145 Å². The van der Waals surface area contributed by atoms with Gasteiger partial charge in [0.15, 0.2) is 11.5 Å². The summed E-state index contributed by atoms with van der Waals surface area (Å²) in [5.74, 6) is 0.224. The van der Waals surface area contributed by atoms with Crippen LogP contribution < -0.4 is 9.47 Å². The lowest BCUT2D eigenvalue weighted by atomic mass is 10.1. The molecule has 0 fully saturated rings. The molecule has 0 aliphatic rings. The number of methoxy groups -OCH3 is 2. The van der Waals surface area contributed by atoms with E-state index in [0.29, 0.717) is 22.1 Å². The molecule has 0 saturated heterocycles. The van der Waals surface area contributed by atoms with Crippen molar-refractivity contribution in [3.05, 3.63) is 58.4 Å². The first-order valence-electron chi connectivity index (χ1n) is 7.33. The van der Waals surface area contributed by atoms with Crippen molar-refractivity contribution in [1.29, 1.82) is 0 Å². The zero-order valence-corrected chi connectivity index (χ0v) is 14.7. The van der Waals surface area contributed by atoms with Crippen LogP contribution in [0.15, 0.2) is 36.4 Å². The number of hydrogen-bond donors (Lipinski definition) is 0. The fraction of sp³-hybridized carbons (Fsp3) is 0.278. The molecule has 0 bridgehead atoms. The summed E-state index contributed by atoms with van der Waals surface area (Å²) in [7, 11) is 4.64. The third-order valence-electron chi connectivity index (χ3n) is 3.93. The van der Waals surface area contributed by atoms with Crippen LogP contribution in [0.25, 0.3) is 0 Å². The summed E-state index contributed by atoms with van der Waals surface area (Å²) in [5.41, 5.74) is 1.22.